The lowest BCUT2D eigenvalue weighted by Crippen LogP contribution is -2.29. The van der Waals surface area contributed by atoms with Crippen molar-refractivity contribution in [1.82, 2.24) is 10.2 Å². The van der Waals surface area contributed by atoms with Gasteiger partial charge in [-0.1, -0.05) is 19.1 Å². The molecule has 0 unspecified atom stereocenters. The van der Waals surface area contributed by atoms with Gasteiger partial charge in [-0.2, -0.15) is 0 Å². The van der Waals surface area contributed by atoms with Crippen LogP contribution in [0.1, 0.15) is 20.3 Å². The smallest absolute Gasteiger partial charge is 0.0104 e. The van der Waals surface area contributed by atoms with Crippen molar-refractivity contribution in [3.63, 3.8) is 0 Å². The van der Waals surface area contributed by atoms with E-state index in [0.29, 0.717) is 0 Å². The molecular weight excluding hydrogens is 148 g/mol. The third-order valence-corrected chi connectivity index (χ3v) is 1.83. The molecule has 0 aromatic carbocycles. The number of likely N-dealkylation sites (N-methyl/N-ethyl adjacent to an activating group) is 2. The summed E-state index contributed by atoms with van der Waals surface area (Å²) in [5.74, 6) is 0. The fraction of sp³-hybridized carbons (Fsp3) is 0.800. The maximum Gasteiger partial charge on any atom is 0.0104 e. The SMILES string of the molecule is C/C=C/CCN(C)CCNCC. The highest BCUT2D eigenvalue weighted by atomic mass is 15.1. The molecule has 0 spiro atoms. The number of hydrogen-bond donors (Lipinski definition) is 1. The van der Waals surface area contributed by atoms with E-state index in [0.717, 1.165) is 26.2 Å². The molecule has 0 amide bonds. The Balaban J connectivity index is 3.15. The van der Waals surface area contributed by atoms with Crippen LogP contribution in [0.2, 0.25) is 0 Å². The van der Waals surface area contributed by atoms with E-state index >= 15 is 0 Å². The van der Waals surface area contributed by atoms with Crippen molar-refractivity contribution in [2.24, 2.45) is 0 Å². The molecule has 0 heterocycles. The zero-order valence-corrected chi connectivity index (χ0v) is 8.64. The fourth-order valence-electron chi connectivity index (χ4n) is 1.02. The summed E-state index contributed by atoms with van der Waals surface area (Å²) < 4.78 is 0. The molecule has 0 saturated heterocycles. The lowest BCUT2D eigenvalue weighted by atomic mass is 10.3. The fourth-order valence-corrected chi connectivity index (χ4v) is 1.02. The van der Waals surface area contributed by atoms with E-state index in [4.69, 9.17) is 0 Å². The van der Waals surface area contributed by atoms with Crippen LogP contribution in [0.15, 0.2) is 12.2 Å². The zero-order chi connectivity index (χ0) is 9.23. The predicted molar refractivity (Wildman–Crippen MR) is 55.5 cm³/mol. The van der Waals surface area contributed by atoms with Crippen LogP contribution in [0.3, 0.4) is 0 Å². The van der Waals surface area contributed by atoms with Crippen LogP contribution in [0.4, 0.5) is 0 Å². The normalized spacial score (nSPS) is 11.7. The van der Waals surface area contributed by atoms with Crippen molar-refractivity contribution in [3.05, 3.63) is 12.2 Å². The van der Waals surface area contributed by atoms with Crippen molar-refractivity contribution in [1.29, 1.82) is 0 Å². The topological polar surface area (TPSA) is 15.3 Å². The van der Waals surface area contributed by atoms with Crippen LogP contribution in [-0.2, 0) is 0 Å². The van der Waals surface area contributed by atoms with Gasteiger partial charge >= 0.3 is 0 Å². The van der Waals surface area contributed by atoms with Crippen LogP contribution in [-0.4, -0.2) is 38.1 Å². The largest absolute Gasteiger partial charge is 0.316 e. The molecule has 0 aromatic rings. The molecule has 0 aliphatic carbocycles. The maximum atomic E-state index is 3.31. The minimum atomic E-state index is 1.07. The molecule has 0 fully saturated rings. The Bertz CT molecular complexity index is 110. The zero-order valence-electron chi connectivity index (χ0n) is 8.64. The van der Waals surface area contributed by atoms with E-state index in [1.54, 1.807) is 0 Å². The van der Waals surface area contributed by atoms with Crippen molar-refractivity contribution in [3.8, 4) is 0 Å². The first kappa shape index (κ1) is 11.7. The first-order valence-electron chi connectivity index (χ1n) is 4.81. The molecule has 2 heteroatoms. The molecule has 0 saturated carbocycles. The summed E-state index contributed by atoms with van der Waals surface area (Å²) in [6.45, 7) is 8.69. The van der Waals surface area contributed by atoms with Crippen LogP contribution >= 0.6 is 0 Å². The molecule has 0 aliphatic heterocycles. The van der Waals surface area contributed by atoms with E-state index in [-0.39, 0.29) is 0 Å². The Morgan fingerprint density at radius 2 is 2.08 bits per heavy atom. The van der Waals surface area contributed by atoms with Crippen LogP contribution in [0, 0.1) is 0 Å². The van der Waals surface area contributed by atoms with Crippen molar-refractivity contribution < 1.29 is 0 Å². The number of nitrogens with zero attached hydrogens (tertiary/aromatic N) is 1. The third-order valence-electron chi connectivity index (χ3n) is 1.83. The van der Waals surface area contributed by atoms with Gasteiger partial charge in [-0.15, -0.1) is 0 Å². The van der Waals surface area contributed by atoms with Gasteiger partial charge in [0, 0.05) is 19.6 Å². The lowest BCUT2D eigenvalue weighted by molar-refractivity contribution is 0.339. The molecule has 12 heavy (non-hydrogen) atoms. The van der Waals surface area contributed by atoms with E-state index in [1.807, 2.05) is 0 Å². The molecule has 0 bridgehead atoms. The second kappa shape index (κ2) is 8.75. The minimum Gasteiger partial charge on any atom is -0.316 e. The van der Waals surface area contributed by atoms with Crippen molar-refractivity contribution in [2.75, 3.05) is 33.2 Å². The average molecular weight is 170 g/mol. The standard InChI is InChI=1S/C10H22N2/c1-4-6-7-9-12(3)10-8-11-5-2/h4,6,11H,5,7-10H2,1-3H3/b6-4+. The van der Waals surface area contributed by atoms with Gasteiger partial charge in [0.1, 0.15) is 0 Å². The second-order valence-corrected chi connectivity index (χ2v) is 3.01. The quantitative estimate of drug-likeness (QED) is 0.460. The molecule has 0 radical (unpaired) electrons. The summed E-state index contributed by atoms with van der Waals surface area (Å²) in [4.78, 5) is 2.35. The summed E-state index contributed by atoms with van der Waals surface area (Å²) >= 11 is 0. The Morgan fingerprint density at radius 1 is 1.33 bits per heavy atom. The Labute approximate surface area is 76.6 Å². The van der Waals surface area contributed by atoms with Gasteiger partial charge in [0.25, 0.3) is 0 Å². The van der Waals surface area contributed by atoms with E-state index in [9.17, 15) is 0 Å². The van der Waals surface area contributed by atoms with Gasteiger partial charge in [0.2, 0.25) is 0 Å². The van der Waals surface area contributed by atoms with Gasteiger partial charge in [0.15, 0.2) is 0 Å². The minimum absolute atomic E-state index is 1.07. The first-order valence-corrected chi connectivity index (χ1v) is 4.81. The maximum absolute atomic E-state index is 3.31. The van der Waals surface area contributed by atoms with E-state index in [1.165, 1.54) is 6.42 Å². The van der Waals surface area contributed by atoms with Gasteiger partial charge in [-0.3, -0.25) is 0 Å². The first-order chi connectivity index (χ1) is 5.81. The van der Waals surface area contributed by atoms with Crippen molar-refractivity contribution >= 4 is 0 Å². The number of rotatable bonds is 7. The van der Waals surface area contributed by atoms with Crippen LogP contribution in [0.5, 0.6) is 0 Å². The molecule has 0 aromatic heterocycles. The monoisotopic (exact) mass is 170 g/mol. The molecule has 2 nitrogen and oxygen atoms in total. The predicted octanol–water partition coefficient (Wildman–Crippen LogP) is 1.49. The molecule has 0 atom stereocenters. The average Bonchev–Trinajstić information content (AvgIpc) is 2.06. The van der Waals surface area contributed by atoms with Gasteiger partial charge in [-0.05, 0) is 26.9 Å². The van der Waals surface area contributed by atoms with Crippen LogP contribution < -0.4 is 5.32 Å². The molecule has 72 valence electrons. The van der Waals surface area contributed by atoms with Gasteiger partial charge in [-0.25, -0.2) is 0 Å². The number of nitrogens with one attached hydrogen (secondary N) is 1. The van der Waals surface area contributed by atoms with E-state index < -0.39 is 0 Å². The van der Waals surface area contributed by atoms with E-state index in [2.05, 4.69) is 43.3 Å². The molecule has 1 N–H and O–H groups in total. The van der Waals surface area contributed by atoms with Gasteiger partial charge < -0.3 is 10.2 Å². The van der Waals surface area contributed by atoms with Crippen molar-refractivity contribution in [2.45, 2.75) is 20.3 Å². The Hall–Kier alpha value is -0.340. The van der Waals surface area contributed by atoms with Gasteiger partial charge in [0.05, 0.1) is 0 Å². The Kier molecular flexibility index (Phi) is 8.51. The van der Waals surface area contributed by atoms with Crippen LogP contribution in [0.25, 0.3) is 0 Å². The number of allylic oxidation sites excluding steroid dienone is 1. The summed E-state index contributed by atoms with van der Waals surface area (Å²) in [6.07, 6.45) is 5.49. The highest BCUT2D eigenvalue weighted by molar-refractivity contribution is 4.77. The molecular formula is C10H22N2. The summed E-state index contributed by atoms with van der Waals surface area (Å²) in [6, 6.07) is 0. The summed E-state index contributed by atoms with van der Waals surface area (Å²) in [5, 5.41) is 3.31. The number of hydrogen-bond acceptors (Lipinski definition) is 2. The second-order valence-electron chi connectivity index (χ2n) is 3.01. The highest BCUT2D eigenvalue weighted by Crippen LogP contribution is 1.87. The molecule has 0 rings (SSSR count). The summed E-state index contributed by atoms with van der Waals surface area (Å²) in [5.41, 5.74) is 0. The lowest BCUT2D eigenvalue weighted by Gasteiger charge is -2.15. The third kappa shape index (κ3) is 7.76. The Morgan fingerprint density at radius 3 is 2.67 bits per heavy atom. The highest BCUT2D eigenvalue weighted by Gasteiger charge is 1.94. The molecule has 0 aliphatic rings. The summed E-state index contributed by atoms with van der Waals surface area (Å²) in [7, 11) is 2.17.